The lowest BCUT2D eigenvalue weighted by atomic mass is 10.1. The van der Waals surface area contributed by atoms with E-state index in [1.165, 1.54) is 6.92 Å². The number of carbonyl (C=O) groups excluding carboxylic acids is 1. The van der Waals surface area contributed by atoms with Crippen LogP contribution in [0.2, 0.25) is 0 Å². The molecule has 0 bridgehead atoms. The summed E-state index contributed by atoms with van der Waals surface area (Å²) < 4.78 is 5.12. The van der Waals surface area contributed by atoms with Crippen LogP contribution in [0.1, 0.15) is 28.5 Å². The Morgan fingerprint density at radius 3 is 3.00 bits per heavy atom. The first-order chi connectivity index (χ1) is 6.18. The third kappa shape index (κ3) is 1.29. The Bertz CT molecular complexity index is 419. The lowest BCUT2D eigenvalue weighted by Crippen LogP contribution is -2.17. The molecular weight excluding hydrogens is 170 g/mol. The number of nitrogens with one attached hydrogen (secondary N) is 1. The lowest BCUT2D eigenvalue weighted by molar-refractivity contribution is 0.101. The number of hydrogen-bond donors (Lipinski definition) is 1. The van der Waals surface area contributed by atoms with Crippen LogP contribution >= 0.6 is 0 Å². The maximum absolute atomic E-state index is 11.3. The van der Waals surface area contributed by atoms with Gasteiger partial charge in [-0.25, -0.2) is 0 Å². The molecule has 0 atom stereocenters. The van der Waals surface area contributed by atoms with E-state index < -0.39 is 0 Å². The molecular formula is C9H9NO3. The van der Waals surface area contributed by atoms with Crippen molar-refractivity contribution in [3.63, 3.8) is 0 Å². The van der Waals surface area contributed by atoms with E-state index in [2.05, 4.69) is 4.98 Å². The molecule has 0 radical (unpaired) electrons. The standard InChI is InChI=1S/C9H9NO3/c1-5(11)7-2-6-3-13-4-8(6)10-9(7)12/h2H,3-4H2,1H3,(H,10,12). The molecule has 13 heavy (non-hydrogen) atoms. The molecule has 0 unspecified atom stereocenters. The summed E-state index contributed by atoms with van der Waals surface area (Å²) >= 11 is 0. The van der Waals surface area contributed by atoms with Crippen LogP contribution in [-0.4, -0.2) is 10.8 Å². The number of pyridine rings is 1. The predicted octanol–water partition coefficient (Wildman–Crippen LogP) is 0.608. The highest BCUT2D eigenvalue weighted by Gasteiger charge is 2.15. The van der Waals surface area contributed by atoms with Crippen molar-refractivity contribution in [2.24, 2.45) is 0 Å². The van der Waals surface area contributed by atoms with Crippen molar-refractivity contribution >= 4 is 5.78 Å². The van der Waals surface area contributed by atoms with Gasteiger partial charge >= 0.3 is 0 Å². The number of hydrogen-bond acceptors (Lipinski definition) is 3. The van der Waals surface area contributed by atoms with E-state index in [9.17, 15) is 9.59 Å². The Balaban J connectivity index is 2.62. The van der Waals surface area contributed by atoms with E-state index in [-0.39, 0.29) is 16.9 Å². The summed E-state index contributed by atoms with van der Waals surface area (Å²) in [6, 6.07) is 1.61. The van der Waals surface area contributed by atoms with Gasteiger partial charge in [-0.3, -0.25) is 9.59 Å². The van der Waals surface area contributed by atoms with Crippen molar-refractivity contribution in [1.29, 1.82) is 0 Å². The van der Waals surface area contributed by atoms with E-state index >= 15 is 0 Å². The molecule has 4 nitrogen and oxygen atoms in total. The average molecular weight is 179 g/mol. The van der Waals surface area contributed by atoms with Crippen LogP contribution in [0.3, 0.4) is 0 Å². The van der Waals surface area contributed by atoms with E-state index in [4.69, 9.17) is 4.74 Å². The van der Waals surface area contributed by atoms with Gasteiger partial charge in [0.2, 0.25) is 0 Å². The Morgan fingerprint density at radius 2 is 2.31 bits per heavy atom. The molecule has 0 fully saturated rings. The fourth-order valence-electron chi connectivity index (χ4n) is 1.39. The number of H-pyrrole nitrogens is 1. The SMILES string of the molecule is CC(=O)c1cc2c([nH]c1=O)COC2. The van der Waals surface area contributed by atoms with E-state index in [0.717, 1.165) is 11.3 Å². The summed E-state index contributed by atoms with van der Waals surface area (Å²) in [5, 5.41) is 0. The third-order valence-corrected chi connectivity index (χ3v) is 2.10. The minimum absolute atomic E-state index is 0.212. The molecule has 1 N–H and O–H groups in total. The Hall–Kier alpha value is -1.42. The lowest BCUT2D eigenvalue weighted by Gasteiger charge is -1.98. The number of aromatic nitrogens is 1. The number of Topliss-reactive ketones (excluding diaryl/α,β-unsaturated/α-hetero) is 1. The molecule has 0 saturated heterocycles. The van der Waals surface area contributed by atoms with Gasteiger partial charge in [0.15, 0.2) is 5.78 Å². The van der Waals surface area contributed by atoms with Gasteiger partial charge in [-0.1, -0.05) is 0 Å². The van der Waals surface area contributed by atoms with Gasteiger partial charge < -0.3 is 9.72 Å². The van der Waals surface area contributed by atoms with Gasteiger partial charge in [-0.15, -0.1) is 0 Å². The summed E-state index contributed by atoms with van der Waals surface area (Å²) in [5.41, 5.74) is 1.58. The van der Waals surface area contributed by atoms with Crippen molar-refractivity contribution < 1.29 is 9.53 Å². The molecule has 2 rings (SSSR count). The van der Waals surface area contributed by atoms with Crippen LogP contribution in [0.15, 0.2) is 10.9 Å². The van der Waals surface area contributed by atoms with Crippen molar-refractivity contribution in [1.82, 2.24) is 4.98 Å². The highest BCUT2D eigenvalue weighted by Crippen LogP contribution is 2.16. The topological polar surface area (TPSA) is 59.2 Å². The molecule has 0 spiro atoms. The zero-order valence-electron chi connectivity index (χ0n) is 7.22. The smallest absolute Gasteiger partial charge is 0.259 e. The average Bonchev–Trinajstić information content (AvgIpc) is 2.48. The van der Waals surface area contributed by atoms with Gasteiger partial charge in [0.1, 0.15) is 0 Å². The molecule has 1 aromatic rings. The first-order valence-corrected chi connectivity index (χ1v) is 4.02. The number of rotatable bonds is 1. The first-order valence-electron chi connectivity index (χ1n) is 4.02. The largest absolute Gasteiger partial charge is 0.370 e. The van der Waals surface area contributed by atoms with E-state index in [1.54, 1.807) is 6.07 Å². The molecule has 1 aliphatic rings. The zero-order valence-corrected chi connectivity index (χ0v) is 7.22. The van der Waals surface area contributed by atoms with Gasteiger partial charge in [-0.05, 0) is 13.0 Å². The Kier molecular flexibility index (Phi) is 1.77. The van der Waals surface area contributed by atoms with Crippen LogP contribution in [0.25, 0.3) is 0 Å². The molecule has 4 heteroatoms. The maximum atomic E-state index is 11.3. The highest BCUT2D eigenvalue weighted by atomic mass is 16.5. The number of carbonyl (C=O) groups is 1. The fourth-order valence-corrected chi connectivity index (χ4v) is 1.39. The zero-order chi connectivity index (χ0) is 9.42. The summed E-state index contributed by atoms with van der Waals surface area (Å²) in [6.45, 7) is 2.29. The first kappa shape index (κ1) is 8.19. The Morgan fingerprint density at radius 1 is 1.54 bits per heavy atom. The summed E-state index contributed by atoms with van der Waals surface area (Å²) in [6.07, 6.45) is 0. The van der Waals surface area contributed by atoms with Crippen LogP contribution in [0.5, 0.6) is 0 Å². The summed E-state index contributed by atoms with van der Waals surface area (Å²) in [5.74, 6) is -0.212. The molecule has 0 aromatic carbocycles. The summed E-state index contributed by atoms with van der Waals surface area (Å²) in [7, 11) is 0. The quantitative estimate of drug-likeness (QED) is 0.642. The number of ether oxygens (including phenoxy) is 1. The van der Waals surface area contributed by atoms with Crippen molar-refractivity contribution in [2.45, 2.75) is 20.1 Å². The molecule has 1 aliphatic heterocycles. The molecule has 0 aliphatic carbocycles. The van der Waals surface area contributed by atoms with Gasteiger partial charge in [0, 0.05) is 11.3 Å². The number of ketones is 1. The molecule has 0 amide bonds. The van der Waals surface area contributed by atoms with Gasteiger partial charge in [0.05, 0.1) is 18.8 Å². The van der Waals surface area contributed by atoms with Gasteiger partial charge in [0.25, 0.3) is 5.56 Å². The predicted molar refractivity (Wildman–Crippen MR) is 45.6 cm³/mol. The number of fused-ring (bicyclic) bond motifs is 1. The van der Waals surface area contributed by atoms with Crippen LogP contribution in [0.4, 0.5) is 0 Å². The Labute approximate surface area is 74.5 Å². The normalized spacial score (nSPS) is 14.2. The van der Waals surface area contributed by atoms with Gasteiger partial charge in [-0.2, -0.15) is 0 Å². The van der Waals surface area contributed by atoms with E-state index in [1.807, 2.05) is 0 Å². The number of aromatic amines is 1. The third-order valence-electron chi connectivity index (χ3n) is 2.10. The van der Waals surface area contributed by atoms with Crippen LogP contribution in [0, 0.1) is 0 Å². The maximum Gasteiger partial charge on any atom is 0.259 e. The van der Waals surface area contributed by atoms with Crippen molar-refractivity contribution in [3.05, 3.63) is 33.2 Å². The van der Waals surface area contributed by atoms with Crippen molar-refractivity contribution in [3.8, 4) is 0 Å². The molecule has 1 aromatic heterocycles. The van der Waals surface area contributed by atoms with E-state index in [0.29, 0.717) is 13.2 Å². The van der Waals surface area contributed by atoms with Crippen molar-refractivity contribution in [2.75, 3.05) is 0 Å². The fraction of sp³-hybridized carbons (Fsp3) is 0.333. The molecule has 2 heterocycles. The van der Waals surface area contributed by atoms with Crippen LogP contribution < -0.4 is 5.56 Å². The second kappa shape index (κ2) is 2.81. The minimum atomic E-state index is -0.322. The highest BCUT2D eigenvalue weighted by molar-refractivity contribution is 5.93. The second-order valence-electron chi connectivity index (χ2n) is 3.06. The second-order valence-corrected chi connectivity index (χ2v) is 3.06. The minimum Gasteiger partial charge on any atom is -0.370 e. The molecule has 68 valence electrons. The molecule has 0 saturated carbocycles. The van der Waals surface area contributed by atoms with Crippen LogP contribution in [-0.2, 0) is 18.0 Å². The summed E-state index contributed by atoms with van der Waals surface area (Å²) in [4.78, 5) is 24.9. The monoisotopic (exact) mass is 179 g/mol.